The van der Waals surface area contributed by atoms with E-state index >= 15 is 4.79 Å². The van der Waals surface area contributed by atoms with Gasteiger partial charge in [0.1, 0.15) is 131 Å². The number of hydrogen-bond acceptors (Lipinski definition) is 26. The van der Waals surface area contributed by atoms with Crippen molar-refractivity contribution in [3.8, 4) is 11.5 Å². The molecule has 2 aromatic carbocycles. The molecule has 3 aliphatic heterocycles. The van der Waals surface area contributed by atoms with Crippen molar-refractivity contribution in [2.75, 3.05) is 19.8 Å². The molecule has 0 spiro atoms. The number of carbonyl (C=O) groups excluding carboxylic acids is 4. The summed E-state index contributed by atoms with van der Waals surface area (Å²) in [6.45, 7) is -3.83. The van der Waals surface area contributed by atoms with Crippen LogP contribution in [-0.2, 0) is 33.4 Å². The van der Waals surface area contributed by atoms with Crippen LogP contribution in [0.1, 0.15) is 11.1 Å². The van der Waals surface area contributed by atoms with Crippen molar-refractivity contribution in [2.24, 2.45) is 5.92 Å². The van der Waals surface area contributed by atoms with Crippen molar-refractivity contribution < 1.29 is 130 Å². The van der Waals surface area contributed by atoms with Gasteiger partial charge in [-0.1, -0.05) is 36.4 Å². The van der Waals surface area contributed by atoms with E-state index in [0.717, 1.165) is 12.2 Å². The van der Waals surface area contributed by atoms with Crippen LogP contribution in [0.3, 0.4) is 0 Å². The third-order valence-corrected chi connectivity index (χ3v) is 13.5. The van der Waals surface area contributed by atoms with Gasteiger partial charge in [-0.05, 0) is 47.5 Å². The Bertz CT molecular complexity index is 2720. The van der Waals surface area contributed by atoms with Crippen LogP contribution < -0.4 is 0 Å². The highest BCUT2D eigenvalue weighted by atomic mass is 16.6. The minimum atomic E-state index is -4.13. The summed E-state index contributed by atoms with van der Waals surface area (Å²) in [4.78, 5) is 59.4. The van der Waals surface area contributed by atoms with Crippen LogP contribution in [0, 0.1) is 5.92 Å². The molecule has 0 amide bonds. The SMILES string of the molecule is O=C(/C=C/c1ccc(O)cc1)C1=C(O)C2=C(O[C@H]([C@@H](O)[C@H](O)[C@H](O)CO)[C@@H]2C2=C(O)/C(=C(O)\C=C\c3ccc(O)cc3)C(=O)[C@@](O)([C@@H]3O[C@H](CO)[C@@H](O)[C@H](O)[C@H]3O)C2=O)[C@@](O)([C@@H]2O[C@H](CO)[C@@H](O)[C@H](O)[C@H]2O)C1=O. The van der Waals surface area contributed by atoms with Crippen LogP contribution in [0.5, 0.6) is 11.5 Å². The molecule has 26 nitrogen and oxygen atoms in total. The van der Waals surface area contributed by atoms with Gasteiger partial charge < -0.3 is 111 Å². The number of ketones is 4. The van der Waals surface area contributed by atoms with E-state index in [4.69, 9.17) is 14.2 Å². The van der Waals surface area contributed by atoms with Crippen LogP contribution in [0.2, 0.25) is 0 Å². The Balaban J connectivity index is 1.58. The van der Waals surface area contributed by atoms with Gasteiger partial charge >= 0.3 is 0 Å². The Morgan fingerprint density at radius 1 is 0.608 bits per heavy atom. The number of aliphatic hydroxyl groups excluding tert-OH is 15. The maximum Gasteiger partial charge on any atom is 0.219 e. The number of phenolic OH excluding ortho intramolecular Hbond substituents is 2. The highest BCUT2D eigenvalue weighted by molar-refractivity contribution is 6.30. The zero-order valence-corrected chi connectivity index (χ0v) is 38.1. The first-order valence-corrected chi connectivity index (χ1v) is 22.4. The molecule has 400 valence electrons. The van der Waals surface area contributed by atoms with Gasteiger partial charge in [0.05, 0.1) is 31.3 Å². The fourth-order valence-electron chi connectivity index (χ4n) is 9.46. The quantitative estimate of drug-likeness (QED) is 0.0362. The maximum atomic E-state index is 15.4. The Hall–Kier alpha value is -6.28. The standard InChI is InChI=1S/C48H52O26/c49-13-22(56)30(57)37(64)40-27(28-33(60)25(20(54)11-5-16-1-7-18(52)8-2-16)41(67)47(70,43(28)69)45-38(65)35(62)31(58)23(14-50)72-45)29-34(61)26(21(55)12-6-17-3-9-19(53)10-4-17)42(68)48(71,44(29)74-40)46-39(66)36(63)32(59)24(15-51)73-46/h1-12,22-24,27,30-32,35-40,45-46,49-54,56-66,70-71H,13-15H2/b11-5+,12-6+,25-20-/t22-,23-,24-,27-,30-,31-,32-,35+,36+,37+,38-,39-,40+,45-,46-,47+,48-/m1/s1. The summed E-state index contributed by atoms with van der Waals surface area (Å²) >= 11 is 0. The molecule has 2 fully saturated rings. The van der Waals surface area contributed by atoms with Gasteiger partial charge in [-0.25, -0.2) is 0 Å². The van der Waals surface area contributed by atoms with Gasteiger partial charge in [0, 0.05) is 5.57 Å². The number of allylic oxidation sites excluding steroid dienone is 4. The Kier molecular flexibility index (Phi) is 15.9. The fraction of sp³-hybridized carbons (Fsp3) is 0.417. The number of Topliss-reactive ketones (excluding diaryl/α,β-unsaturated/α-hetero) is 3. The minimum absolute atomic E-state index is 0.143. The molecule has 0 radical (unpaired) electrons. The van der Waals surface area contributed by atoms with Gasteiger partial charge in [0.25, 0.3) is 0 Å². The number of aromatic hydroxyl groups is 2. The summed E-state index contributed by atoms with van der Waals surface area (Å²) in [6, 6.07) is 9.81. The van der Waals surface area contributed by atoms with Crippen molar-refractivity contribution in [1.82, 2.24) is 0 Å². The van der Waals surface area contributed by atoms with Crippen LogP contribution >= 0.6 is 0 Å². The molecule has 0 unspecified atom stereocenters. The number of rotatable bonds is 14. The molecule has 0 aromatic heterocycles. The smallest absolute Gasteiger partial charge is 0.219 e. The summed E-state index contributed by atoms with van der Waals surface area (Å²) < 4.78 is 16.9. The van der Waals surface area contributed by atoms with Crippen molar-refractivity contribution >= 4 is 35.3 Å². The van der Waals surface area contributed by atoms with E-state index < -0.39 is 191 Å². The summed E-state index contributed by atoms with van der Waals surface area (Å²) in [6.07, 6.45) is -31.7. The van der Waals surface area contributed by atoms with E-state index in [1.165, 1.54) is 48.5 Å². The van der Waals surface area contributed by atoms with Crippen molar-refractivity contribution in [2.45, 2.75) is 96.7 Å². The molecule has 7 rings (SSSR count). The van der Waals surface area contributed by atoms with Gasteiger partial charge in [-0.3, -0.25) is 19.2 Å². The van der Waals surface area contributed by atoms with E-state index in [1.54, 1.807) is 0 Å². The van der Waals surface area contributed by atoms with Gasteiger partial charge in [0.2, 0.25) is 28.6 Å². The molecule has 74 heavy (non-hydrogen) atoms. The summed E-state index contributed by atoms with van der Waals surface area (Å²) in [7, 11) is 0. The van der Waals surface area contributed by atoms with Gasteiger partial charge in [-0.2, -0.15) is 0 Å². The summed E-state index contributed by atoms with van der Waals surface area (Å²) in [5.41, 5.74) is -13.7. The Morgan fingerprint density at radius 3 is 1.55 bits per heavy atom. The minimum Gasteiger partial charge on any atom is -0.508 e. The second kappa shape index (κ2) is 21.2. The highest BCUT2D eigenvalue weighted by Gasteiger charge is 2.70. The predicted octanol–water partition coefficient (Wildman–Crippen LogP) is -5.94. The van der Waals surface area contributed by atoms with E-state index in [9.17, 15) is 111 Å². The molecular formula is C48H52O26. The number of ether oxygens (including phenoxy) is 3. The van der Waals surface area contributed by atoms with Crippen molar-refractivity contribution in [1.29, 1.82) is 0 Å². The molecular weight excluding hydrogens is 993 g/mol. The average Bonchev–Trinajstić information content (AvgIpc) is 3.78. The summed E-state index contributed by atoms with van der Waals surface area (Å²) in [5, 5.41) is 211. The molecule has 0 saturated carbocycles. The topological polar surface area (TPSA) is 480 Å². The van der Waals surface area contributed by atoms with E-state index in [2.05, 4.69) is 0 Å². The average molecular weight is 1040 g/mol. The van der Waals surface area contributed by atoms with E-state index in [-0.39, 0.29) is 22.6 Å². The number of aliphatic hydroxyl groups is 17. The monoisotopic (exact) mass is 1040 g/mol. The normalized spacial score (nSPS) is 35.8. The third kappa shape index (κ3) is 9.12. The molecule has 2 saturated heterocycles. The lowest BCUT2D eigenvalue weighted by atomic mass is 9.65. The number of hydrogen-bond donors (Lipinski definition) is 19. The first-order chi connectivity index (χ1) is 34.8. The molecule has 5 aliphatic rings. The van der Waals surface area contributed by atoms with Crippen LogP contribution in [0.15, 0.2) is 106 Å². The Labute approximate surface area is 416 Å². The maximum absolute atomic E-state index is 15.4. The lowest BCUT2D eigenvalue weighted by Gasteiger charge is -2.47. The lowest BCUT2D eigenvalue weighted by Crippen LogP contribution is -2.71. The second-order valence-corrected chi connectivity index (χ2v) is 18.0. The highest BCUT2D eigenvalue weighted by Crippen LogP contribution is 2.54. The summed E-state index contributed by atoms with van der Waals surface area (Å²) in [5.74, 6) is -17.5. The van der Waals surface area contributed by atoms with Crippen LogP contribution in [-0.4, -0.2) is 237 Å². The molecule has 19 N–H and O–H groups in total. The zero-order chi connectivity index (χ0) is 54.6. The first-order valence-electron chi connectivity index (χ1n) is 22.4. The number of benzene rings is 2. The molecule has 2 aliphatic carbocycles. The van der Waals surface area contributed by atoms with E-state index in [1.807, 2.05) is 0 Å². The molecule has 17 atom stereocenters. The first kappa shape index (κ1) is 55.5. The predicted molar refractivity (Wildman–Crippen MR) is 241 cm³/mol. The van der Waals surface area contributed by atoms with Crippen molar-refractivity contribution in [3.05, 3.63) is 117 Å². The molecule has 0 bridgehead atoms. The Morgan fingerprint density at radius 2 is 1.08 bits per heavy atom. The van der Waals surface area contributed by atoms with E-state index in [0.29, 0.717) is 12.2 Å². The van der Waals surface area contributed by atoms with Gasteiger partial charge in [-0.15, -0.1) is 0 Å². The molecule has 3 heterocycles. The number of phenols is 2. The molecule has 26 heteroatoms. The third-order valence-electron chi connectivity index (χ3n) is 13.5. The molecule has 2 aromatic rings. The zero-order valence-electron chi connectivity index (χ0n) is 38.1. The van der Waals surface area contributed by atoms with Crippen LogP contribution in [0.25, 0.3) is 12.2 Å². The lowest BCUT2D eigenvalue weighted by molar-refractivity contribution is -0.264. The second-order valence-electron chi connectivity index (χ2n) is 18.0. The van der Waals surface area contributed by atoms with Crippen LogP contribution in [0.4, 0.5) is 0 Å². The largest absolute Gasteiger partial charge is 0.508 e. The number of carbonyl (C=O) groups is 4. The van der Waals surface area contributed by atoms with Crippen molar-refractivity contribution in [3.63, 3.8) is 0 Å². The fourth-order valence-corrected chi connectivity index (χ4v) is 9.46. The van der Waals surface area contributed by atoms with Gasteiger partial charge in [0.15, 0.2) is 5.78 Å².